The highest BCUT2D eigenvalue weighted by Crippen LogP contribution is 2.22. The van der Waals surface area contributed by atoms with E-state index in [2.05, 4.69) is 9.64 Å². The molecule has 1 rings (SSSR count). The van der Waals surface area contributed by atoms with Gasteiger partial charge in [0, 0.05) is 6.54 Å². The predicted octanol–water partition coefficient (Wildman–Crippen LogP) is 2.37. The van der Waals surface area contributed by atoms with Gasteiger partial charge in [-0.25, -0.2) is 0 Å². The highest BCUT2D eigenvalue weighted by molar-refractivity contribution is 5.27. The monoisotopic (exact) mass is 262 g/mol. The van der Waals surface area contributed by atoms with E-state index in [-0.39, 0.29) is 5.75 Å². The first kappa shape index (κ1) is 14.8. The quantitative estimate of drug-likeness (QED) is 0.855. The van der Waals surface area contributed by atoms with Crippen molar-refractivity contribution in [3.05, 3.63) is 29.8 Å². The van der Waals surface area contributed by atoms with Crippen molar-refractivity contribution in [1.82, 2.24) is 4.90 Å². The molecule has 0 aliphatic heterocycles. The Kier molecular flexibility index (Phi) is 5.43. The second-order valence-electron chi connectivity index (χ2n) is 4.07. The number of ether oxygens (including phenoxy) is 1. The summed E-state index contributed by atoms with van der Waals surface area (Å²) in [4.78, 5) is 2.06. The van der Waals surface area contributed by atoms with Crippen LogP contribution in [0.3, 0.4) is 0 Å². The highest BCUT2D eigenvalue weighted by Gasteiger charge is 2.30. The molecule has 0 spiro atoms. The van der Waals surface area contributed by atoms with Crippen molar-refractivity contribution >= 4 is 0 Å². The van der Waals surface area contributed by atoms with Gasteiger partial charge in [0.05, 0.1) is 0 Å². The second-order valence-corrected chi connectivity index (χ2v) is 4.07. The number of rotatable bonds is 6. The molecule has 0 aliphatic rings. The molecule has 2 N–H and O–H groups in total. The lowest BCUT2D eigenvalue weighted by Crippen LogP contribution is -2.21. The molecule has 3 nitrogen and oxygen atoms in total. The van der Waals surface area contributed by atoms with Crippen molar-refractivity contribution in [3.63, 3.8) is 0 Å². The molecule has 0 bridgehead atoms. The molecule has 0 aromatic heterocycles. The van der Waals surface area contributed by atoms with Crippen molar-refractivity contribution in [1.29, 1.82) is 0 Å². The lowest BCUT2D eigenvalue weighted by molar-refractivity contribution is -0.274. The van der Waals surface area contributed by atoms with E-state index in [1.54, 1.807) is 12.1 Å². The van der Waals surface area contributed by atoms with Crippen molar-refractivity contribution in [2.45, 2.75) is 19.3 Å². The summed E-state index contributed by atoms with van der Waals surface area (Å²) in [5, 5.41) is 0. The van der Waals surface area contributed by atoms with Crippen LogP contribution in [-0.4, -0.2) is 31.4 Å². The minimum absolute atomic E-state index is 0.198. The predicted molar refractivity (Wildman–Crippen MR) is 63.1 cm³/mol. The van der Waals surface area contributed by atoms with Crippen molar-refractivity contribution < 1.29 is 17.9 Å². The van der Waals surface area contributed by atoms with Gasteiger partial charge in [-0.1, -0.05) is 12.1 Å². The molecule has 102 valence electrons. The molecule has 0 heterocycles. The van der Waals surface area contributed by atoms with Crippen LogP contribution in [0.4, 0.5) is 13.2 Å². The summed E-state index contributed by atoms with van der Waals surface area (Å²) in [6.07, 6.45) is -3.74. The lowest BCUT2D eigenvalue weighted by Gasteiger charge is -2.16. The molecule has 6 heteroatoms. The minimum atomic E-state index is -4.64. The van der Waals surface area contributed by atoms with Gasteiger partial charge < -0.3 is 15.4 Å². The number of hydrogen-bond donors (Lipinski definition) is 1. The molecule has 0 unspecified atom stereocenters. The summed E-state index contributed by atoms with van der Waals surface area (Å²) in [6, 6.07) is 5.89. The zero-order valence-electron chi connectivity index (χ0n) is 10.2. The Morgan fingerprint density at radius 2 is 1.83 bits per heavy atom. The maximum atomic E-state index is 11.9. The maximum absolute atomic E-state index is 11.9. The van der Waals surface area contributed by atoms with Gasteiger partial charge in [0.25, 0.3) is 0 Å². The Bertz CT molecular complexity index is 351. The molecule has 18 heavy (non-hydrogen) atoms. The van der Waals surface area contributed by atoms with E-state index in [0.717, 1.165) is 18.5 Å². The third-order valence-corrected chi connectivity index (χ3v) is 2.35. The standard InChI is InChI=1S/C12H17F3N2O/c1-17(8-2-7-16)9-10-3-5-11(6-4-10)18-12(13,14)15/h3-6H,2,7-9,16H2,1H3. The third-order valence-electron chi connectivity index (χ3n) is 2.35. The summed E-state index contributed by atoms with van der Waals surface area (Å²) in [5.74, 6) is -0.198. The fraction of sp³-hybridized carbons (Fsp3) is 0.500. The first-order valence-corrected chi connectivity index (χ1v) is 5.64. The van der Waals surface area contributed by atoms with E-state index in [1.165, 1.54) is 12.1 Å². The van der Waals surface area contributed by atoms with E-state index in [9.17, 15) is 13.2 Å². The van der Waals surface area contributed by atoms with Gasteiger partial charge in [-0.05, 0) is 44.3 Å². The molecule has 0 radical (unpaired) electrons. The summed E-state index contributed by atoms with van der Waals surface area (Å²) in [5.41, 5.74) is 6.33. The topological polar surface area (TPSA) is 38.5 Å². The summed E-state index contributed by atoms with van der Waals surface area (Å²) in [7, 11) is 1.94. The van der Waals surface area contributed by atoms with Crippen LogP contribution >= 0.6 is 0 Å². The van der Waals surface area contributed by atoms with Gasteiger partial charge >= 0.3 is 6.36 Å². The van der Waals surface area contributed by atoms with E-state index in [0.29, 0.717) is 13.1 Å². The van der Waals surface area contributed by atoms with Crippen LogP contribution < -0.4 is 10.5 Å². The van der Waals surface area contributed by atoms with Crippen LogP contribution in [0.25, 0.3) is 0 Å². The molecule has 0 fully saturated rings. The molecule has 1 aromatic carbocycles. The molecular formula is C12H17F3N2O. The number of halogens is 3. The van der Waals surface area contributed by atoms with E-state index in [4.69, 9.17) is 5.73 Å². The molecule has 0 saturated heterocycles. The van der Waals surface area contributed by atoms with Crippen molar-refractivity contribution in [2.24, 2.45) is 5.73 Å². The van der Waals surface area contributed by atoms with Crippen LogP contribution in [0.15, 0.2) is 24.3 Å². The SMILES string of the molecule is CN(CCCN)Cc1ccc(OC(F)(F)F)cc1. The smallest absolute Gasteiger partial charge is 0.406 e. The van der Waals surface area contributed by atoms with Gasteiger partial charge in [-0.15, -0.1) is 13.2 Å². The van der Waals surface area contributed by atoms with Gasteiger partial charge in [-0.2, -0.15) is 0 Å². The maximum Gasteiger partial charge on any atom is 0.573 e. The molecule has 1 aromatic rings. The van der Waals surface area contributed by atoms with Crippen molar-refractivity contribution in [2.75, 3.05) is 20.1 Å². The van der Waals surface area contributed by atoms with Crippen LogP contribution in [0.5, 0.6) is 5.75 Å². The molecular weight excluding hydrogens is 245 g/mol. The average molecular weight is 262 g/mol. The molecule has 0 atom stereocenters. The summed E-state index contributed by atoms with van der Waals surface area (Å²) in [6.45, 7) is 2.16. The summed E-state index contributed by atoms with van der Waals surface area (Å²) < 4.78 is 39.6. The van der Waals surface area contributed by atoms with Crippen molar-refractivity contribution in [3.8, 4) is 5.75 Å². The highest BCUT2D eigenvalue weighted by atomic mass is 19.4. The minimum Gasteiger partial charge on any atom is -0.406 e. The number of nitrogens with zero attached hydrogens (tertiary/aromatic N) is 1. The van der Waals surface area contributed by atoms with E-state index >= 15 is 0 Å². The Labute approximate surface area is 104 Å². The number of benzene rings is 1. The molecule has 0 aliphatic carbocycles. The third kappa shape index (κ3) is 5.88. The number of hydrogen-bond acceptors (Lipinski definition) is 3. The normalized spacial score (nSPS) is 11.9. The largest absolute Gasteiger partial charge is 0.573 e. The van der Waals surface area contributed by atoms with E-state index < -0.39 is 6.36 Å². The average Bonchev–Trinajstić information content (AvgIpc) is 2.27. The van der Waals surface area contributed by atoms with Crippen LogP contribution in [0.1, 0.15) is 12.0 Å². The van der Waals surface area contributed by atoms with Gasteiger partial charge in [-0.3, -0.25) is 0 Å². The lowest BCUT2D eigenvalue weighted by atomic mass is 10.2. The Balaban J connectivity index is 2.50. The van der Waals surface area contributed by atoms with E-state index in [1.807, 2.05) is 7.05 Å². The Hall–Kier alpha value is -1.27. The Morgan fingerprint density at radius 1 is 1.22 bits per heavy atom. The molecule has 0 saturated carbocycles. The van der Waals surface area contributed by atoms with Crippen LogP contribution in [0, 0.1) is 0 Å². The zero-order valence-corrected chi connectivity index (χ0v) is 10.2. The first-order valence-electron chi connectivity index (χ1n) is 5.64. The fourth-order valence-electron chi connectivity index (χ4n) is 1.55. The van der Waals surface area contributed by atoms with Crippen LogP contribution in [0.2, 0.25) is 0 Å². The molecule has 0 amide bonds. The number of nitrogens with two attached hydrogens (primary N) is 1. The van der Waals surface area contributed by atoms with Gasteiger partial charge in [0.2, 0.25) is 0 Å². The van der Waals surface area contributed by atoms with Gasteiger partial charge in [0.1, 0.15) is 5.75 Å². The Morgan fingerprint density at radius 3 is 2.33 bits per heavy atom. The van der Waals surface area contributed by atoms with Gasteiger partial charge in [0.15, 0.2) is 0 Å². The zero-order chi connectivity index (χ0) is 13.6. The number of alkyl halides is 3. The fourth-order valence-corrected chi connectivity index (χ4v) is 1.55. The summed E-state index contributed by atoms with van der Waals surface area (Å²) >= 11 is 0. The van der Waals surface area contributed by atoms with Crippen LogP contribution in [-0.2, 0) is 6.54 Å². The second kappa shape index (κ2) is 6.61. The first-order chi connectivity index (χ1) is 8.40.